The molecule has 0 aliphatic heterocycles. The molecule has 0 bridgehead atoms. The molecule has 2 aromatic carbocycles. The summed E-state index contributed by atoms with van der Waals surface area (Å²) in [7, 11) is 0. The molecule has 2 rings (SSSR count). The Balaban J connectivity index is 2.63. The van der Waals surface area contributed by atoms with Crippen LogP contribution >= 0.6 is 0 Å². The Morgan fingerprint density at radius 2 is 1.46 bits per heavy atom. The molecule has 0 aromatic heterocycles. The average Bonchev–Trinajstić information content (AvgIpc) is 2.42. The summed E-state index contributed by atoms with van der Waals surface area (Å²) in [4.78, 5) is 0. The van der Waals surface area contributed by atoms with E-state index in [4.69, 9.17) is 0 Å². The minimum atomic E-state index is -5.09. The van der Waals surface area contributed by atoms with E-state index in [9.17, 15) is 30.7 Å². The molecule has 0 saturated heterocycles. The number of alkyl halides is 6. The highest BCUT2D eigenvalue weighted by molar-refractivity contribution is 5.42. The molecule has 0 saturated carbocycles. The zero-order chi connectivity index (χ0) is 18.3. The van der Waals surface area contributed by atoms with Gasteiger partial charge in [-0.25, -0.2) is 4.39 Å². The van der Waals surface area contributed by atoms with Gasteiger partial charge < -0.3 is 0 Å². The van der Waals surface area contributed by atoms with Crippen LogP contribution < -0.4 is 0 Å². The summed E-state index contributed by atoms with van der Waals surface area (Å²) in [5, 5.41) is 0. The van der Waals surface area contributed by atoms with Gasteiger partial charge in [-0.15, -0.1) is 0 Å². The fourth-order valence-corrected chi connectivity index (χ4v) is 2.41. The molecule has 7 heteroatoms. The van der Waals surface area contributed by atoms with Crippen LogP contribution in [0.5, 0.6) is 0 Å². The van der Waals surface area contributed by atoms with E-state index in [1.807, 2.05) is 0 Å². The van der Waals surface area contributed by atoms with Crippen LogP contribution in [-0.4, -0.2) is 0 Å². The van der Waals surface area contributed by atoms with Crippen LogP contribution in [0.25, 0.3) is 0 Å². The maximum atomic E-state index is 14.1. The Labute approximate surface area is 133 Å². The van der Waals surface area contributed by atoms with Crippen molar-refractivity contribution in [2.24, 2.45) is 0 Å². The summed E-state index contributed by atoms with van der Waals surface area (Å²) in [6, 6.07) is 5.07. The summed E-state index contributed by atoms with van der Waals surface area (Å²) < 4.78 is 91.6. The number of benzene rings is 2. The SMILES string of the molecule is Cc1ccc(C)c(Cc2c(F)cc(C(F)(F)F)cc2C(F)(F)F)c1. The van der Waals surface area contributed by atoms with Crippen molar-refractivity contribution in [2.75, 3.05) is 0 Å². The molecule has 0 atom stereocenters. The summed E-state index contributed by atoms with van der Waals surface area (Å²) in [6.07, 6.45) is -10.6. The molecule has 0 radical (unpaired) electrons. The van der Waals surface area contributed by atoms with Crippen molar-refractivity contribution in [1.82, 2.24) is 0 Å². The second kappa shape index (κ2) is 6.11. The number of rotatable bonds is 2. The minimum Gasteiger partial charge on any atom is -0.207 e. The standard InChI is InChI=1S/C17H13F7/c1-9-3-4-10(2)11(5-9)6-13-14(17(22,23)24)7-12(8-15(13)18)16(19,20)21/h3-5,7-8H,6H2,1-2H3. The van der Waals surface area contributed by atoms with Crippen molar-refractivity contribution < 1.29 is 30.7 Å². The average molecular weight is 350 g/mol. The van der Waals surface area contributed by atoms with Gasteiger partial charge in [0.15, 0.2) is 0 Å². The van der Waals surface area contributed by atoms with Crippen LogP contribution in [-0.2, 0) is 18.8 Å². The van der Waals surface area contributed by atoms with Gasteiger partial charge in [0, 0.05) is 12.0 Å². The van der Waals surface area contributed by atoms with Crippen LogP contribution in [0.15, 0.2) is 30.3 Å². The molecule has 0 unspecified atom stereocenters. The van der Waals surface area contributed by atoms with E-state index < -0.39 is 41.3 Å². The highest BCUT2D eigenvalue weighted by Gasteiger charge is 2.39. The van der Waals surface area contributed by atoms with Crippen molar-refractivity contribution in [3.63, 3.8) is 0 Å². The van der Waals surface area contributed by atoms with Crippen LogP contribution in [0.3, 0.4) is 0 Å². The van der Waals surface area contributed by atoms with E-state index in [2.05, 4.69) is 0 Å². The van der Waals surface area contributed by atoms with Crippen molar-refractivity contribution in [3.8, 4) is 0 Å². The first kappa shape index (κ1) is 18.3. The Morgan fingerprint density at radius 1 is 0.833 bits per heavy atom. The Kier molecular flexibility index (Phi) is 4.65. The van der Waals surface area contributed by atoms with Crippen LogP contribution in [0, 0.1) is 19.7 Å². The van der Waals surface area contributed by atoms with Crippen molar-refractivity contribution in [2.45, 2.75) is 32.6 Å². The van der Waals surface area contributed by atoms with E-state index in [1.54, 1.807) is 32.0 Å². The van der Waals surface area contributed by atoms with E-state index >= 15 is 0 Å². The number of halogens is 7. The first-order valence-corrected chi connectivity index (χ1v) is 6.92. The first-order valence-electron chi connectivity index (χ1n) is 6.92. The summed E-state index contributed by atoms with van der Waals surface area (Å²) in [5.41, 5.74) is -2.22. The van der Waals surface area contributed by atoms with Crippen molar-refractivity contribution >= 4 is 0 Å². The van der Waals surface area contributed by atoms with Gasteiger partial charge >= 0.3 is 12.4 Å². The lowest BCUT2D eigenvalue weighted by Crippen LogP contribution is -2.16. The third-order valence-electron chi connectivity index (χ3n) is 3.70. The maximum Gasteiger partial charge on any atom is 0.416 e. The fraction of sp³-hybridized carbons (Fsp3) is 0.294. The monoisotopic (exact) mass is 350 g/mol. The van der Waals surface area contributed by atoms with E-state index in [0.717, 1.165) is 5.56 Å². The van der Waals surface area contributed by atoms with Crippen LogP contribution in [0.1, 0.15) is 33.4 Å². The van der Waals surface area contributed by atoms with E-state index in [-0.39, 0.29) is 12.1 Å². The maximum absolute atomic E-state index is 14.1. The molecule has 0 fully saturated rings. The van der Waals surface area contributed by atoms with Gasteiger partial charge in [0.1, 0.15) is 5.82 Å². The van der Waals surface area contributed by atoms with Gasteiger partial charge in [-0.3, -0.25) is 0 Å². The van der Waals surface area contributed by atoms with E-state index in [1.165, 1.54) is 0 Å². The zero-order valence-electron chi connectivity index (χ0n) is 12.7. The molecule has 0 nitrogen and oxygen atoms in total. The van der Waals surface area contributed by atoms with Crippen molar-refractivity contribution in [3.05, 3.63) is 69.5 Å². The quantitative estimate of drug-likeness (QED) is 0.577. The molecule has 0 heterocycles. The summed E-state index contributed by atoms with van der Waals surface area (Å²) in [6.45, 7) is 3.36. The Bertz CT molecular complexity index is 755. The van der Waals surface area contributed by atoms with Gasteiger partial charge in [-0.05, 0) is 37.1 Å². The topological polar surface area (TPSA) is 0 Å². The minimum absolute atomic E-state index is 0.0382. The van der Waals surface area contributed by atoms with Gasteiger partial charge in [0.25, 0.3) is 0 Å². The highest BCUT2D eigenvalue weighted by atomic mass is 19.4. The first-order chi connectivity index (χ1) is 10.9. The van der Waals surface area contributed by atoms with Gasteiger partial charge in [0.05, 0.1) is 11.1 Å². The van der Waals surface area contributed by atoms with Gasteiger partial charge in [-0.2, -0.15) is 26.3 Å². The molecule has 0 N–H and O–H groups in total. The predicted octanol–water partition coefficient (Wildman–Crippen LogP) is 6.07. The van der Waals surface area contributed by atoms with Gasteiger partial charge in [0.2, 0.25) is 0 Å². The second-order valence-electron chi connectivity index (χ2n) is 5.59. The Hall–Kier alpha value is -2.05. The predicted molar refractivity (Wildman–Crippen MR) is 75.1 cm³/mol. The Morgan fingerprint density at radius 3 is 2.00 bits per heavy atom. The molecular formula is C17H13F7. The summed E-state index contributed by atoms with van der Waals surface area (Å²) in [5.74, 6) is -1.52. The molecule has 0 aliphatic carbocycles. The lowest BCUT2D eigenvalue weighted by Gasteiger charge is -2.18. The fourth-order valence-electron chi connectivity index (χ4n) is 2.41. The van der Waals surface area contributed by atoms with Gasteiger partial charge in [-0.1, -0.05) is 23.8 Å². The number of hydrogen-bond donors (Lipinski definition) is 0. The molecular weight excluding hydrogens is 337 g/mol. The molecule has 24 heavy (non-hydrogen) atoms. The largest absolute Gasteiger partial charge is 0.416 e. The summed E-state index contributed by atoms with van der Waals surface area (Å²) >= 11 is 0. The third-order valence-corrected chi connectivity index (χ3v) is 3.70. The smallest absolute Gasteiger partial charge is 0.207 e. The van der Waals surface area contributed by atoms with E-state index in [0.29, 0.717) is 11.1 Å². The molecule has 130 valence electrons. The lowest BCUT2D eigenvalue weighted by atomic mass is 9.93. The van der Waals surface area contributed by atoms with Crippen LogP contribution in [0.4, 0.5) is 30.7 Å². The zero-order valence-corrected chi connectivity index (χ0v) is 12.7. The molecule has 0 amide bonds. The highest BCUT2D eigenvalue weighted by Crippen LogP contribution is 2.39. The number of aryl methyl sites for hydroxylation is 2. The second-order valence-corrected chi connectivity index (χ2v) is 5.59. The van der Waals surface area contributed by atoms with Crippen LogP contribution in [0.2, 0.25) is 0 Å². The third kappa shape index (κ3) is 3.88. The normalized spacial score (nSPS) is 12.5. The number of hydrogen-bond acceptors (Lipinski definition) is 0. The molecule has 0 aliphatic rings. The lowest BCUT2D eigenvalue weighted by molar-refractivity contribution is -0.143. The van der Waals surface area contributed by atoms with Crippen molar-refractivity contribution in [1.29, 1.82) is 0 Å². The molecule has 0 spiro atoms. The molecule has 2 aromatic rings.